The van der Waals surface area contributed by atoms with Crippen molar-refractivity contribution < 1.29 is 0 Å². The van der Waals surface area contributed by atoms with Gasteiger partial charge in [-0.1, -0.05) is 132 Å². The average Bonchev–Trinajstić information content (AvgIpc) is 3.15. The molecule has 0 N–H and O–H groups in total. The topological polar surface area (TPSA) is 3.24 Å². The lowest BCUT2D eigenvalue weighted by Crippen LogP contribution is -2.58. The second-order valence-electron chi connectivity index (χ2n) is 13.5. The van der Waals surface area contributed by atoms with Gasteiger partial charge in [0.15, 0.2) is 0 Å². The number of hydrogen-bond acceptors (Lipinski definition) is 3. The highest BCUT2D eigenvalue weighted by atomic mass is 32.3. The smallest absolute Gasteiger partial charge is 0.247 e. The van der Waals surface area contributed by atoms with Gasteiger partial charge in [-0.3, -0.25) is 0 Å². The molecule has 0 saturated heterocycles. The first-order chi connectivity index (χ1) is 24.6. The van der Waals surface area contributed by atoms with Gasteiger partial charge in [-0.25, -0.2) is 0 Å². The van der Waals surface area contributed by atoms with E-state index in [1.807, 2.05) is 23.5 Å². The lowest BCUT2D eigenvalue weighted by atomic mass is 9.36. The Morgan fingerprint density at radius 3 is 1.58 bits per heavy atom. The maximum absolute atomic E-state index is 2.58. The summed E-state index contributed by atoms with van der Waals surface area (Å²) in [7, 11) is -1.70. The van der Waals surface area contributed by atoms with E-state index in [4.69, 9.17) is 0 Å². The van der Waals surface area contributed by atoms with Crippen LogP contribution in [0.15, 0.2) is 192 Å². The minimum atomic E-state index is -1.70. The molecular formula is C45H34BNS3. The molecular weight excluding hydrogens is 662 g/mol. The molecule has 0 amide bonds. The van der Waals surface area contributed by atoms with E-state index < -0.39 is 10.0 Å². The van der Waals surface area contributed by atoms with Crippen molar-refractivity contribution in [3.8, 4) is 0 Å². The molecule has 1 nitrogen and oxygen atoms in total. The summed E-state index contributed by atoms with van der Waals surface area (Å²) in [5.74, 6) is 0.953. The van der Waals surface area contributed by atoms with Gasteiger partial charge in [0, 0.05) is 40.8 Å². The summed E-state index contributed by atoms with van der Waals surface area (Å²) in [6.45, 7) is 4.75. The van der Waals surface area contributed by atoms with E-state index in [0.717, 1.165) is 5.75 Å². The third kappa shape index (κ3) is 4.60. The number of benzene rings is 7. The Morgan fingerprint density at radius 1 is 0.520 bits per heavy atom. The highest BCUT2D eigenvalue weighted by Gasteiger charge is 2.43. The summed E-state index contributed by atoms with van der Waals surface area (Å²) in [5.41, 5.74) is 12.1. The zero-order valence-corrected chi connectivity index (χ0v) is 30.4. The Kier molecular flexibility index (Phi) is 7.13. The molecule has 7 aromatic rings. The molecule has 0 spiro atoms. The molecule has 10 rings (SSSR count). The Labute approximate surface area is 305 Å². The Morgan fingerprint density at radius 2 is 1.02 bits per heavy atom. The van der Waals surface area contributed by atoms with Crippen LogP contribution in [0.3, 0.4) is 0 Å². The lowest BCUT2D eigenvalue weighted by molar-refractivity contribution is 1.09. The summed E-state index contributed by atoms with van der Waals surface area (Å²) in [4.78, 5) is 12.3. The van der Waals surface area contributed by atoms with Gasteiger partial charge >= 0.3 is 0 Å². The van der Waals surface area contributed by atoms with Crippen molar-refractivity contribution in [2.75, 3.05) is 4.90 Å². The lowest BCUT2D eigenvalue weighted by Gasteiger charge is -2.50. The SMILES string of the molecule is Cc1ccc2c(c1)S(Cc1ccccc1)(c1ccccc1)c1cc(C)ccc1N2c1cc2c3c(c1)Sc1ccccc1B3c1ccccc1S2. The van der Waals surface area contributed by atoms with Crippen LogP contribution in [-0.4, -0.2) is 6.71 Å². The van der Waals surface area contributed by atoms with Gasteiger partial charge in [0.2, 0.25) is 6.71 Å². The fourth-order valence-corrected chi connectivity index (χ4v) is 15.0. The van der Waals surface area contributed by atoms with Crippen molar-refractivity contribution in [2.24, 2.45) is 0 Å². The molecule has 50 heavy (non-hydrogen) atoms. The Balaban J connectivity index is 1.25. The third-order valence-corrected chi connectivity index (χ3v) is 16.7. The highest BCUT2D eigenvalue weighted by Crippen LogP contribution is 2.77. The zero-order chi connectivity index (χ0) is 33.4. The highest BCUT2D eigenvalue weighted by molar-refractivity contribution is 8.33. The molecule has 5 heteroatoms. The molecule has 240 valence electrons. The van der Waals surface area contributed by atoms with Crippen LogP contribution in [0.1, 0.15) is 16.7 Å². The standard InChI is InChI=1S/C45H34BNS3/c1-30-21-23-37-43(25-30)50(34-15-7-4-8-16-34,29-32-13-5-3-6-14-32)44-26-31(2)22-24-38(44)47(37)33-27-41-45-42(28-33)49-40-20-12-10-18-36(40)46(45)35-17-9-11-19-39(35)48-41/h3-28H,29H2,1-2H3. The Hall–Kier alpha value is -4.55. The van der Waals surface area contributed by atoms with E-state index in [-0.39, 0.29) is 6.71 Å². The maximum atomic E-state index is 2.58. The fraction of sp³-hybridized carbons (Fsp3) is 0.0667. The van der Waals surface area contributed by atoms with Crippen molar-refractivity contribution >= 4 is 73.7 Å². The van der Waals surface area contributed by atoms with Crippen molar-refractivity contribution in [3.63, 3.8) is 0 Å². The molecule has 3 aliphatic heterocycles. The average molecular weight is 696 g/mol. The molecule has 3 heterocycles. The summed E-state index contributed by atoms with van der Waals surface area (Å²) in [5, 5.41) is 0. The van der Waals surface area contributed by atoms with Gasteiger partial charge < -0.3 is 4.90 Å². The van der Waals surface area contributed by atoms with Crippen LogP contribution in [-0.2, 0) is 5.75 Å². The molecule has 3 aliphatic rings. The van der Waals surface area contributed by atoms with Crippen LogP contribution in [0, 0.1) is 13.8 Å². The number of rotatable bonds is 4. The van der Waals surface area contributed by atoms with Gasteiger partial charge in [0.1, 0.15) is 0 Å². The van der Waals surface area contributed by atoms with Gasteiger partial charge in [-0.15, -0.1) is 0 Å². The van der Waals surface area contributed by atoms with Gasteiger partial charge in [0.25, 0.3) is 0 Å². The predicted octanol–water partition coefficient (Wildman–Crippen LogP) is 11.0. The number of hydrogen-bond donors (Lipinski definition) is 0. The summed E-state index contributed by atoms with van der Waals surface area (Å²) in [6.07, 6.45) is 0. The predicted molar refractivity (Wildman–Crippen MR) is 215 cm³/mol. The second kappa shape index (κ2) is 11.8. The van der Waals surface area contributed by atoms with Crippen molar-refractivity contribution in [1.82, 2.24) is 0 Å². The molecule has 0 saturated carbocycles. The van der Waals surface area contributed by atoms with Crippen LogP contribution in [0.4, 0.5) is 17.1 Å². The van der Waals surface area contributed by atoms with E-state index in [0.29, 0.717) is 0 Å². The van der Waals surface area contributed by atoms with Crippen LogP contribution >= 0.6 is 33.6 Å². The van der Waals surface area contributed by atoms with E-state index in [1.165, 1.54) is 84.4 Å². The monoisotopic (exact) mass is 695 g/mol. The van der Waals surface area contributed by atoms with E-state index in [1.54, 1.807) is 0 Å². The first-order valence-electron chi connectivity index (χ1n) is 17.2. The molecule has 0 unspecified atom stereocenters. The molecule has 0 bridgehead atoms. The number of nitrogens with zero attached hydrogens (tertiary/aromatic N) is 1. The van der Waals surface area contributed by atoms with Crippen molar-refractivity contribution in [1.29, 1.82) is 0 Å². The second-order valence-corrected chi connectivity index (χ2v) is 18.8. The normalized spacial score (nSPS) is 15.2. The van der Waals surface area contributed by atoms with Gasteiger partial charge in [-0.2, -0.15) is 10.0 Å². The fourth-order valence-electron chi connectivity index (χ4n) is 8.18. The van der Waals surface area contributed by atoms with E-state index in [2.05, 4.69) is 176 Å². The van der Waals surface area contributed by atoms with Gasteiger partial charge in [-0.05, 0) is 102 Å². The number of anilines is 3. The number of aryl methyl sites for hydroxylation is 2. The number of fused-ring (bicyclic) bond motifs is 6. The molecule has 0 aliphatic carbocycles. The first-order valence-corrected chi connectivity index (χ1v) is 20.6. The molecule has 0 atom stereocenters. The van der Waals surface area contributed by atoms with Crippen LogP contribution < -0.4 is 21.3 Å². The summed E-state index contributed by atoms with van der Waals surface area (Å²) in [6, 6.07) is 59.9. The molecule has 7 aromatic carbocycles. The zero-order valence-electron chi connectivity index (χ0n) is 28.0. The third-order valence-electron chi connectivity index (χ3n) is 10.4. The van der Waals surface area contributed by atoms with Crippen LogP contribution in [0.25, 0.3) is 0 Å². The first kappa shape index (κ1) is 30.3. The largest absolute Gasteiger partial charge is 0.308 e. The van der Waals surface area contributed by atoms with Crippen LogP contribution in [0.2, 0.25) is 0 Å². The summed E-state index contributed by atoms with van der Waals surface area (Å²) < 4.78 is 0. The molecule has 0 aromatic heterocycles. The minimum absolute atomic E-state index is 0.247. The van der Waals surface area contributed by atoms with E-state index >= 15 is 0 Å². The minimum Gasteiger partial charge on any atom is -0.308 e. The van der Waals surface area contributed by atoms with Crippen LogP contribution in [0.5, 0.6) is 0 Å². The van der Waals surface area contributed by atoms with Gasteiger partial charge in [0.05, 0.1) is 11.4 Å². The maximum Gasteiger partial charge on any atom is 0.247 e. The quantitative estimate of drug-likeness (QED) is 0.169. The summed E-state index contributed by atoms with van der Waals surface area (Å²) >= 11 is 3.87. The molecule has 0 fully saturated rings. The molecule has 0 radical (unpaired) electrons. The van der Waals surface area contributed by atoms with Crippen molar-refractivity contribution in [3.05, 3.63) is 174 Å². The van der Waals surface area contributed by atoms with E-state index in [9.17, 15) is 0 Å². The Bertz CT molecular complexity index is 2340. The van der Waals surface area contributed by atoms with Crippen molar-refractivity contribution in [2.45, 2.75) is 53.9 Å².